The minimum absolute atomic E-state index is 0.229. The van der Waals surface area contributed by atoms with Crippen molar-refractivity contribution in [1.82, 2.24) is 10.0 Å². The Morgan fingerprint density at radius 3 is 2.80 bits per heavy atom. The third-order valence-corrected chi connectivity index (χ3v) is 4.59. The van der Waals surface area contributed by atoms with E-state index in [2.05, 4.69) is 10.0 Å². The summed E-state index contributed by atoms with van der Waals surface area (Å²) < 4.78 is 26.8. The van der Waals surface area contributed by atoms with Gasteiger partial charge in [0.25, 0.3) is 0 Å². The van der Waals surface area contributed by atoms with Gasteiger partial charge in [0.05, 0.1) is 9.82 Å². The molecular weight excluding hydrogens is 286 g/mol. The lowest BCUT2D eigenvalue weighted by Gasteiger charge is -2.23. The number of phenols is 1. The summed E-state index contributed by atoms with van der Waals surface area (Å²) in [5.74, 6) is -0.562. The molecule has 9 heteroatoms. The van der Waals surface area contributed by atoms with Gasteiger partial charge in [-0.2, -0.15) is 0 Å². The standard InChI is InChI=1S/C11H15N3O5S/c15-11-4-3-9(6-10(11)14(16)17)20(18,19)13-8-2-1-5-12-7-8/h3-4,6,8,12-13,15H,1-2,5,7H2/t8-/m1/s1. The van der Waals surface area contributed by atoms with Gasteiger partial charge in [-0.15, -0.1) is 0 Å². The molecule has 1 saturated heterocycles. The van der Waals surface area contributed by atoms with Crippen molar-refractivity contribution >= 4 is 15.7 Å². The second-order valence-corrected chi connectivity index (χ2v) is 6.29. The molecular formula is C11H15N3O5S. The van der Waals surface area contributed by atoms with Crippen molar-refractivity contribution in [1.29, 1.82) is 0 Å². The van der Waals surface area contributed by atoms with Gasteiger partial charge in [0.1, 0.15) is 0 Å². The number of rotatable bonds is 4. The van der Waals surface area contributed by atoms with E-state index in [1.165, 1.54) is 0 Å². The number of phenolic OH excluding ortho intramolecular Hbond substituents is 1. The molecule has 0 saturated carbocycles. The smallest absolute Gasteiger partial charge is 0.312 e. The first-order chi connectivity index (χ1) is 9.40. The number of sulfonamides is 1. The first-order valence-electron chi connectivity index (χ1n) is 6.10. The molecule has 1 fully saturated rings. The zero-order valence-corrected chi connectivity index (χ0v) is 11.4. The van der Waals surface area contributed by atoms with E-state index in [1.54, 1.807) is 0 Å². The predicted molar refractivity (Wildman–Crippen MR) is 71.0 cm³/mol. The van der Waals surface area contributed by atoms with Crippen molar-refractivity contribution in [2.24, 2.45) is 0 Å². The second-order valence-electron chi connectivity index (χ2n) is 4.57. The zero-order valence-electron chi connectivity index (χ0n) is 10.6. The van der Waals surface area contributed by atoms with Crippen molar-refractivity contribution in [2.45, 2.75) is 23.8 Å². The van der Waals surface area contributed by atoms with Crippen LogP contribution in [0.5, 0.6) is 5.75 Å². The Morgan fingerprint density at radius 2 is 2.20 bits per heavy atom. The molecule has 110 valence electrons. The van der Waals surface area contributed by atoms with Crippen LogP contribution in [0.25, 0.3) is 0 Å². The molecule has 0 aromatic heterocycles. The first-order valence-corrected chi connectivity index (χ1v) is 7.59. The van der Waals surface area contributed by atoms with Crippen LogP contribution in [0.4, 0.5) is 5.69 Å². The molecule has 1 atom stereocenters. The SMILES string of the molecule is O=[N+]([O-])c1cc(S(=O)(=O)N[C@@H]2CCCNC2)ccc1O. The number of hydrogen-bond donors (Lipinski definition) is 3. The summed E-state index contributed by atoms with van der Waals surface area (Å²) in [6.07, 6.45) is 1.58. The molecule has 8 nitrogen and oxygen atoms in total. The molecule has 1 aromatic carbocycles. The zero-order chi connectivity index (χ0) is 14.8. The van der Waals surface area contributed by atoms with Gasteiger partial charge in [-0.1, -0.05) is 0 Å². The molecule has 1 heterocycles. The van der Waals surface area contributed by atoms with Crippen molar-refractivity contribution in [3.8, 4) is 5.75 Å². The van der Waals surface area contributed by atoms with E-state index in [4.69, 9.17) is 0 Å². The largest absolute Gasteiger partial charge is 0.502 e. The molecule has 2 rings (SSSR count). The van der Waals surface area contributed by atoms with Crippen LogP contribution < -0.4 is 10.0 Å². The number of benzene rings is 1. The van der Waals surface area contributed by atoms with Gasteiger partial charge >= 0.3 is 5.69 Å². The maximum Gasteiger partial charge on any atom is 0.312 e. The maximum atomic E-state index is 12.1. The summed E-state index contributed by atoms with van der Waals surface area (Å²) >= 11 is 0. The Morgan fingerprint density at radius 1 is 1.45 bits per heavy atom. The van der Waals surface area contributed by atoms with Gasteiger partial charge in [0.2, 0.25) is 10.0 Å². The number of aromatic hydroxyl groups is 1. The summed E-state index contributed by atoms with van der Waals surface area (Å²) in [6.45, 7) is 1.38. The highest BCUT2D eigenvalue weighted by molar-refractivity contribution is 7.89. The van der Waals surface area contributed by atoms with E-state index >= 15 is 0 Å². The van der Waals surface area contributed by atoms with E-state index in [9.17, 15) is 23.6 Å². The van der Waals surface area contributed by atoms with Crippen molar-refractivity contribution in [3.05, 3.63) is 28.3 Å². The molecule has 0 amide bonds. The fourth-order valence-electron chi connectivity index (χ4n) is 2.06. The molecule has 0 radical (unpaired) electrons. The number of nitrogens with zero attached hydrogens (tertiary/aromatic N) is 1. The lowest BCUT2D eigenvalue weighted by molar-refractivity contribution is -0.386. The predicted octanol–water partition coefficient (Wildman–Crippen LogP) is 0.331. The van der Waals surface area contributed by atoms with E-state index in [0.717, 1.165) is 31.2 Å². The van der Waals surface area contributed by atoms with Gasteiger partial charge < -0.3 is 10.4 Å². The van der Waals surface area contributed by atoms with E-state index in [-0.39, 0.29) is 10.9 Å². The molecule has 3 N–H and O–H groups in total. The van der Waals surface area contributed by atoms with E-state index in [1.807, 2.05) is 0 Å². The third-order valence-electron chi connectivity index (χ3n) is 3.07. The van der Waals surface area contributed by atoms with Gasteiger partial charge in [-0.3, -0.25) is 10.1 Å². The fraction of sp³-hybridized carbons (Fsp3) is 0.455. The number of piperidine rings is 1. The Bertz CT molecular complexity index is 610. The lowest BCUT2D eigenvalue weighted by atomic mass is 10.1. The van der Waals surface area contributed by atoms with Crippen LogP contribution in [-0.4, -0.2) is 37.6 Å². The lowest BCUT2D eigenvalue weighted by Crippen LogP contribution is -2.45. The van der Waals surface area contributed by atoms with Crippen LogP contribution in [0.2, 0.25) is 0 Å². The van der Waals surface area contributed by atoms with Crippen LogP contribution >= 0.6 is 0 Å². The Hall–Kier alpha value is -1.71. The normalized spacial score (nSPS) is 19.7. The molecule has 0 spiro atoms. The fourth-order valence-corrected chi connectivity index (χ4v) is 3.35. The van der Waals surface area contributed by atoms with E-state index < -0.39 is 26.4 Å². The topological polar surface area (TPSA) is 122 Å². The number of nitro benzene ring substituents is 1. The van der Waals surface area contributed by atoms with Crippen LogP contribution in [0.3, 0.4) is 0 Å². The molecule has 1 aromatic rings. The van der Waals surface area contributed by atoms with Gasteiger partial charge in [0, 0.05) is 18.7 Å². The Kier molecular flexibility index (Phi) is 4.21. The van der Waals surface area contributed by atoms with Crippen molar-refractivity contribution in [3.63, 3.8) is 0 Å². The van der Waals surface area contributed by atoms with Gasteiger partial charge in [-0.25, -0.2) is 13.1 Å². The van der Waals surface area contributed by atoms with Crippen LogP contribution in [0, 0.1) is 10.1 Å². The summed E-state index contributed by atoms with van der Waals surface area (Å²) in [7, 11) is -3.84. The Balaban J connectivity index is 2.24. The van der Waals surface area contributed by atoms with E-state index in [0.29, 0.717) is 13.0 Å². The summed E-state index contributed by atoms with van der Waals surface area (Å²) in [6, 6.07) is 2.77. The molecule has 1 aliphatic heterocycles. The van der Waals surface area contributed by atoms with Crippen LogP contribution in [0.15, 0.2) is 23.1 Å². The molecule has 0 aliphatic carbocycles. The van der Waals surface area contributed by atoms with Crippen molar-refractivity contribution in [2.75, 3.05) is 13.1 Å². The summed E-state index contributed by atoms with van der Waals surface area (Å²) in [5, 5.41) is 23.1. The highest BCUT2D eigenvalue weighted by Crippen LogP contribution is 2.28. The van der Waals surface area contributed by atoms with Gasteiger partial charge in [-0.05, 0) is 31.5 Å². The number of nitro groups is 1. The average Bonchev–Trinajstić information content (AvgIpc) is 2.39. The number of hydrogen-bond acceptors (Lipinski definition) is 6. The minimum Gasteiger partial charge on any atom is -0.502 e. The van der Waals surface area contributed by atoms with Crippen molar-refractivity contribution < 1.29 is 18.4 Å². The molecule has 1 aliphatic rings. The third kappa shape index (κ3) is 3.24. The maximum absolute atomic E-state index is 12.1. The summed E-state index contributed by atoms with van der Waals surface area (Å²) in [4.78, 5) is 9.66. The highest BCUT2D eigenvalue weighted by Gasteiger charge is 2.24. The Labute approximate surface area is 116 Å². The second kappa shape index (κ2) is 5.73. The van der Waals surface area contributed by atoms with Crippen LogP contribution in [0.1, 0.15) is 12.8 Å². The quantitative estimate of drug-likeness (QED) is 0.544. The molecule has 0 bridgehead atoms. The molecule has 20 heavy (non-hydrogen) atoms. The van der Waals surface area contributed by atoms with Crippen LogP contribution in [-0.2, 0) is 10.0 Å². The monoisotopic (exact) mass is 301 g/mol. The van der Waals surface area contributed by atoms with Gasteiger partial charge in [0.15, 0.2) is 5.75 Å². The average molecular weight is 301 g/mol. The number of nitrogens with one attached hydrogen (secondary N) is 2. The highest BCUT2D eigenvalue weighted by atomic mass is 32.2. The minimum atomic E-state index is -3.84. The summed E-state index contributed by atoms with van der Waals surface area (Å²) in [5.41, 5.74) is -0.630. The first kappa shape index (κ1) is 14.7. The molecule has 0 unspecified atom stereocenters.